The molecule has 6 nitrogen and oxygen atoms in total. The summed E-state index contributed by atoms with van der Waals surface area (Å²) >= 11 is 0. The zero-order valence-corrected chi connectivity index (χ0v) is 15.3. The Balaban J connectivity index is 1.46. The predicted octanol–water partition coefficient (Wildman–Crippen LogP) is 1.81. The molecule has 0 saturated carbocycles. The summed E-state index contributed by atoms with van der Waals surface area (Å²) in [5, 5.41) is 0. The van der Waals surface area contributed by atoms with Crippen molar-refractivity contribution in [2.75, 3.05) is 25.0 Å². The topological polar surface area (TPSA) is 67.2 Å². The van der Waals surface area contributed by atoms with Crippen molar-refractivity contribution in [2.24, 2.45) is 5.92 Å². The molecule has 2 aromatic rings. The highest BCUT2D eigenvalue weighted by Crippen LogP contribution is 2.28. The van der Waals surface area contributed by atoms with Crippen molar-refractivity contribution in [2.45, 2.75) is 37.1 Å². The molecule has 2 aliphatic heterocycles. The summed E-state index contributed by atoms with van der Waals surface area (Å²) < 4.78 is 30.4. The number of fused-ring (bicyclic) bond motifs is 2. The summed E-state index contributed by atoms with van der Waals surface area (Å²) in [5.41, 5.74) is 2.27. The van der Waals surface area contributed by atoms with Crippen LogP contribution in [0.1, 0.15) is 24.2 Å². The fourth-order valence-electron chi connectivity index (χ4n) is 3.82. The van der Waals surface area contributed by atoms with Crippen LogP contribution in [-0.4, -0.2) is 38.1 Å². The zero-order chi connectivity index (χ0) is 17.4. The van der Waals surface area contributed by atoms with E-state index in [0.29, 0.717) is 17.4 Å². The van der Waals surface area contributed by atoms with Crippen LogP contribution < -0.4 is 9.62 Å². The number of anilines is 1. The van der Waals surface area contributed by atoms with Crippen LogP contribution in [0.5, 0.6) is 0 Å². The Morgan fingerprint density at radius 1 is 1.32 bits per heavy atom. The standard InChI is InChI=1S/C18H24N4O2S/c1-21-9-2-3-15-5-6-16(11-17(15)21)25(23,24)20-12-14-4-7-18-19-8-10-22(18)13-14/h5-6,8,10-11,14,20H,2-4,7,9,12-13H2,1H3. The highest BCUT2D eigenvalue weighted by atomic mass is 32.2. The maximum Gasteiger partial charge on any atom is 0.240 e. The second kappa shape index (κ2) is 6.46. The van der Waals surface area contributed by atoms with Gasteiger partial charge in [-0.2, -0.15) is 0 Å². The molecule has 0 fully saturated rings. The molecule has 0 amide bonds. The van der Waals surface area contributed by atoms with Gasteiger partial charge in [-0.15, -0.1) is 0 Å². The lowest BCUT2D eigenvalue weighted by atomic mass is 10.00. The molecule has 1 unspecified atom stereocenters. The molecule has 4 rings (SSSR count). The average molecular weight is 360 g/mol. The van der Waals surface area contributed by atoms with Crippen molar-refractivity contribution in [3.05, 3.63) is 42.0 Å². The second-order valence-corrected chi connectivity index (χ2v) is 8.84. The minimum Gasteiger partial charge on any atom is -0.374 e. The first-order valence-electron chi connectivity index (χ1n) is 8.87. The number of sulfonamides is 1. The number of benzene rings is 1. The Morgan fingerprint density at radius 2 is 2.20 bits per heavy atom. The Bertz CT molecular complexity index is 875. The number of aryl methyl sites for hydroxylation is 2. The molecule has 25 heavy (non-hydrogen) atoms. The normalized spacial score (nSPS) is 20.2. The molecule has 1 N–H and O–H groups in total. The van der Waals surface area contributed by atoms with Gasteiger partial charge >= 0.3 is 0 Å². The number of hydrogen-bond acceptors (Lipinski definition) is 4. The van der Waals surface area contributed by atoms with Crippen molar-refractivity contribution in [1.82, 2.24) is 14.3 Å². The summed E-state index contributed by atoms with van der Waals surface area (Å²) in [6.07, 6.45) is 7.78. The molecule has 1 aromatic heterocycles. The average Bonchev–Trinajstić information content (AvgIpc) is 3.08. The summed E-state index contributed by atoms with van der Waals surface area (Å²) in [7, 11) is -1.46. The van der Waals surface area contributed by atoms with Gasteiger partial charge in [0.1, 0.15) is 5.82 Å². The Hall–Kier alpha value is -1.86. The number of aromatic nitrogens is 2. The first kappa shape index (κ1) is 16.6. The molecule has 3 heterocycles. The summed E-state index contributed by atoms with van der Waals surface area (Å²) in [6, 6.07) is 5.50. The van der Waals surface area contributed by atoms with Crippen LogP contribution in [0.3, 0.4) is 0 Å². The zero-order valence-electron chi connectivity index (χ0n) is 14.5. The highest BCUT2D eigenvalue weighted by Gasteiger charge is 2.23. The van der Waals surface area contributed by atoms with Gasteiger partial charge in [-0.3, -0.25) is 0 Å². The fourth-order valence-corrected chi connectivity index (χ4v) is 4.96. The largest absolute Gasteiger partial charge is 0.374 e. The lowest BCUT2D eigenvalue weighted by Gasteiger charge is -2.28. The molecule has 2 aliphatic rings. The Morgan fingerprint density at radius 3 is 3.08 bits per heavy atom. The molecule has 0 aliphatic carbocycles. The molecule has 1 atom stereocenters. The van der Waals surface area contributed by atoms with Crippen molar-refractivity contribution in [3.8, 4) is 0 Å². The lowest BCUT2D eigenvalue weighted by molar-refractivity contribution is 0.363. The van der Waals surface area contributed by atoms with Gasteiger partial charge < -0.3 is 9.47 Å². The Labute approximate surface area is 148 Å². The third-order valence-electron chi connectivity index (χ3n) is 5.31. The van der Waals surface area contributed by atoms with Gasteiger partial charge in [0.05, 0.1) is 4.90 Å². The molecular weight excluding hydrogens is 336 g/mol. The number of rotatable bonds is 4. The number of nitrogens with one attached hydrogen (secondary N) is 1. The van der Waals surface area contributed by atoms with Crippen LogP contribution >= 0.6 is 0 Å². The molecule has 1 aromatic carbocycles. The summed E-state index contributed by atoms with van der Waals surface area (Å²) in [6.45, 7) is 2.26. The van der Waals surface area contributed by atoms with E-state index in [1.54, 1.807) is 6.07 Å². The van der Waals surface area contributed by atoms with E-state index in [9.17, 15) is 8.42 Å². The molecule has 7 heteroatoms. The minimum absolute atomic E-state index is 0.303. The Kier molecular flexibility index (Phi) is 4.29. The molecule has 0 radical (unpaired) electrons. The summed E-state index contributed by atoms with van der Waals surface area (Å²) in [4.78, 5) is 6.81. The van der Waals surface area contributed by atoms with E-state index in [0.717, 1.165) is 50.3 Å². The molecule has 0 saturated heterocycles. The van der Waals surface area contributed by atoms with E-state index < -0.39 is 10.0 Å². The minimum atomic E-state index is -3.48. The highest BCUT2D eigenvalue weighted by molar-refractivity contribution is 7.89. The van der Waals surface area contributed by atoms with Crippen LogP contribution in [0.2, 0.25) is 0 Å². The van der Waals surface area contributed by atoms with Crippen LogP contribution in [0.15, 0.2) is 35.5 Å². The molecule has 0 bridgehead atoms. The molecule has 0 spiro atoms. The van der Waals surface area contributed by atoms with Crippen molar-refractivity contribution < 1.29 is 8.42 Å². The second-order valence-electron chi connectivity index (χ2n) is 7.07. The number of nitrogens with zero attached hydrogens (tertiary/aromatic N) is 3. The smallest absolute Gasteiger partial charge is 0.240 e. The third kappa shape index (κ3) is 3.30. The third-order valence-corrected chi connectivity index (χ3v) is 6.73. The van der Waals surface area contributed by atoms with Gasteiger partial charge in [0.25, 0.3) is 0 Å². The van der Waals surface area contributed by atoms with E-state index in [-0.39, 0.29) is 0 Å². The maximum atomic E-state index is 12.7. The van der Waals surface area contributed by atoms with Crippen LogP contribution in [-0.2, 0) is 29.4 Å². The van der Waals surface area contributed by atoms with E-state index in [1.165, 1.54) is 5.56 Å². The van der Waals surface area contributed by atoms with Crippen molar-refractivity contribution in [1.29, 1.82) is 0 Å². The fraction of sp³-hybridized carbons (Fsp3) is 0.500. The van der Waals surface area contributed by atoms with Crippen molar-refractivity contribution in [3.63, 3.8) is 0 Å². The van der Waals surface area contributed by atoms with E-state index >= 15 is 0 Å². The van der Waals surface area contributed by atoms with Crippen LogP contribution in [0, 0.1) is 5.92 Å². The van der Waals surface area contributed by atoms with E-state index in [2.05, 4.69) is 19.2 Å². The first-order valence-corrected chi connectivity index (χ1v) is 10.3. The quantitative estimate of drug-likeness (QED) is 0.903. The number of imidazole rings is 1. The van der Waals surface area contributed by atoms with Gasteiger partial charge in [0.2, 0.25) is 10.0 Å². The van der Waals surface area contributed by atoms with Gasteiger partial charge in [-0.25, -0.2) is 18.1 Å². The number of hydrogen-bond donors (Lipinski definition) is 1. The molecule has 134 valence electrons. The predicted molar refractivity (Wildman–Crippen MR) is 97.3 cm³/mol. The molecular formula is C18H24N4O2S. The SMILES string of the molecule is CN1CCCc2ccc(S(=O)(=O)NCC3CCc4nccn4C3)cc21. The van der Waals surface area contributed by atoms with Gasteiger partial charge in [-0.05, 0) is 42.9 Å². The van der Waals surface area contributed by atoms with Gasteiger partial charge in [0.15, 0.2) is 0 Å². The monoisotopic (exact) mass is 360 g/mol. The van der Waals surface area contributed by atoms with Gasteiger partial charge in [-0.1, -0.05) is 6.07 Å². The first-order chi connectivity index (χ1) is 12.0. The lowest BCUT2D eigenvalue weighted by Crippen LogP contribution is -2.34. The van der Waals surface area contributed by atoms with Crippen LogP contribution in [0.4, 0.5) is 5.69 Å². The van der Waals surface area contributed by atoms with Gasteiger partial charge in [0, 0.05) is 51.2 Å². The summed E-state index contributed by atoms with van der Waals surface area (Å²) in [5.74, 6) is 1.40. The van der Waals surface area contributed by atoms with Crippen LogP contribution in [0.25, 0.3) is 0 Å². The van der Waals surface area contributed by atoms with Crippen molar-refractivity contribution >= 4 is 15.7 Å². The van der Waals surface area contributed by atoms with E-state index in [1.807, 2.05) is 31.6 Å². The maximum absolute atomic E-state index is 12.7. The van der Waals surface area contributed by atoms with E-state index in [4.69, 9.17) is 0 Å².